The van der Waals surface area contributed by atoms with Crippen molar-refractivity contribution in [2.75, 3.05) is 17.7 Å². The molecule has 2 rings (SSSR count). The Morgan fingerprint density at radius 1 is 1.24 bits per heavy atom. The highest BCUT2D eigenvalue weighted by Gasteiger charge is 2.11. The summed E-state index contributed by atoms with van der Waals surface area (Å²) in [6.07, 6.45) is 0. The molecule has 0 spiro atoms. The van der Waals surface area contributed by atoms with Crippen molar-refractivity contribution in [1.29, 1.82) is 0 Å². The number of nitrogens with two attached hydrogens (primary N) is 1. The minimum absolute atomic E-state index is 0.326. The van der Waals surface area contributed by atoms with Crippen LogP contribution in [0.5, 0.6) is 5.75 Å². The lowest BCUT2D eigenvalue weighted by atomic mass is 10.1. The van der Waals surface area contributed by atoms with E-state index in [2.05, 4.69) is 5.32 Å². The maximum Gasteiger partial charge on any atom is 0.255 e. The van der Waals surface area contributed by atoms with Crippen LogP contribution in [0.1, 0.15) is 17.3 Å². The molecule has 0 atom stereocenters. The van der Waals surface area contributed by atoms with Gasteiger partial charge in [-0.05, 0) is 37.3 Å². The smallest absolute Gasteiger partial charge is 0.255 e. The molecule has 1 amide bonds. The first kappa shape index (κ1) is 15.5. The van der Waals surface area contributed by atoms with Crippen molar-refractivity contribution in [3.8, 4) is 5.75 Å². The van der Waals surface area contributed by atoms with Crippen molar-refractivity contribution in [2.24, 2.45) is 0 Å². The molecule has 0 bridgehead atoms. The monoisotopic (exact) mass is 324 g/mol. The predicted octanol–water partition coefficient (Wildman–Crippen LogP) is 4.23. The number of halogens is 2. The molecule has 2 aromatic rings. The minimum Gasteiger partial charge on any atom is -0.494 e. The molecule has 0 aliphatic carbocycles. The van der Waals surface area contributed by atoms with E-state index in [-0.39, 0.29) is 5.91 Å². The molecule has 0 heterocycles. The molecule has 0 saturated carbocycles. The summed E-state index contributed by atoms with van der Waals surface area (Å²) < 4.78 is 5.36. The first-order valence-corrected chi connectivity index (χ1v) is 7.05. The minimum atomic E-state index is -0.326. The second-order valence-electron chi connectivity index (χ2n) is 4.30. The van der Waals surface area contributed by atoms with Gasteiger partial charge in [0.15, 0.2) is 0 Å². The highest BCUT2D eigenvalue weighted by molar-refractivity contribution is 6.36. The van der Waals surface area contributed by atoms with Crippen molar-refractivity contribution in [3.63, 3.8) is 0 Å². The van der Waals surface area contributed by atoms with E-state index < -0.39 is 0 Å². The third-order valence-electron chi connectivity index (χ3n) is 2.68. The molecule has 6 heteroatoms. The number of ether oxygens (including phenoxy) is 1. The Kier molecular flexibility index (Phi) is 4.94. The van der Waals surface area contributed by atoms with Gasteiger partial charge in [-0.1, -0.05) is 23.2 Å². The number of hydrogen-bond donors (Lipinski definition) is 2. The third-order valence-corrected chi connectivity index (χ3v) is 3.23. The van der Waals surface area contributed by atoms with Gasteiger partial charge in [0.25, 0.3) is 5.91 Å². The Balaban J connectivity index is 2.23. The molecule has 0 aliphatic rings. The number of nitrogen functional groups attached to an aromatic ring is 1. The van der Waals surface area contributed by atoms with Crippen molar-refractivity contribution in [2.45, 2.75) is 6.92 Å². The van der Waals surface area contributed by atoms with Crippen LogP contribution in [0.25, 0.3) is 0 Å². The maximum absolute atomic E-state index is 12.2. The van der Waals surface area contributed by atoms with Crippen LogP contribution in [0.4, 0.5) is 11.4 Å². The zero-order valence-electron chi connectivity index (χ0n) is 11.3. The predicted molar refractivity (Wildman–Crippen MR) is 86.4 cm³/mol. The zero-order chi connectivity index (χ0) is 15.4. The Bertz CT molecular complexity index is 675. The number of carbonyl (C=O) groups excluding carboxylic acids is 1. The van der Waals surface area contributed by atoms with Crippen LogP contribution < -0.4 is 15.8 Å². The molecule has 0 unspecified atom stereocenters. The van der Waals surface area contributed by atoms with E-state index in [9.17, 15) is 4.79 Å². The van der Waals surface area contributed by atoms with Crippen LogP contribution in [0.3, 0.4) is 0 Å². The number of anilines is 2. The average molecular weight is 325 g/mol. The molecule has 0 aliphatic heterocycles. The number of rotatable bonds is 4. The SMILES string of the molecule is CCOc1cc(N)cc(C(=O)Nc2ccc(Cl)cc2Cl)c1. The van der Waals surface area contributed by atoms with Crippen LogP contribution in [0.15, 0.2) is 36.4 Å². The zero-order valence-corrected chi connectivity index (χ0v) is 12.8. The van der Waals surface area contributed by atoms with Gasteiger partial charge in [-0.2, -0.15) is 0 Å². The number of carbonyl (C=O) groups is 1. The first-order valence-electron chi connectivity index (χ1n) is 6.29. The number of hydrogen-bond acceptors (Lipinski definition) is 3. The average Bonchev–Trinajstić information content (AvgIpc) is 2.41. The lowest BCUT2D eigenvalue weighted by Gasteiger charge is -2.10. The number of nitrogens with one attached hydrogen (secondary N) is 1. The van der Waals surface area contributed by atoms with E-state index in [1.165, 1.54) is 0 Å². The molecule has 2 aromatic carbocycles. The second kappa shape index (κ2) is 6.70. The Labute approximate surface area is 132 Å². The second-order valence-corrected chi connectivity index (χ2v) is 5.15. The normalized spacial score (nSPS) is 10.2. The Morgan fingerprint density at radius 3 is 2.67 bits per heavy atom. The van der Waals surface area contributed by atoms with Gasteiger partial charge in [-0.3, -0.25) is 4.79 Å². The Morgan fingerprint density at radius 2 is 2.00 bits per heavy atom. The highest BCUT2D eigenvalue weighted by Crippen LogP contribution is 2.26. The van der Waals surface area contributed by atoms with Crippen molar-refractivity contribution >= 4 is 40.5 Å². The summed E-state index contributed by atoms with van der Waals surface area (Å²) in [5.41, 5.74) is 7.09. The molecule has 0 fully saturated rings. The van der Waals surface area contributed by atoms with Crippen LogP contribution in [-0.2, 0) is 0 Å². The van der Waals surface area contributed by atoms with E-state index in [0.29, 0.717) is 39.3 Å². The van der Waals surface area contributed by atoms with E-state index in [1.807, 2.05) is 6.92 Å². The molecule has 0 radical (unpaired) electrons. The van der Waals surface area contributed by atoms with Crippen molar-refractivity contribution in [3.05, 3.63) is 52.0 Å². The van der Waals surface area contributed by atoms with Gasteiger partial charge in [0.1, 0.15) is 5.75 Å². The van der Waals surface area contributed by atoms with E-state index in [1.54, 1.807) is 36.4 Å². The molecule has 3 N–H and O–H groups in total. The number of amides is 1. The van der Waals surface area contributed by atoms with Gasteiger partial charge in [0, 0.05) is 22.3 Å². The summed E-state index contributed by atoms with van der Waals surface area (Å²) in [6, 6.07) is 9.70. The van der Waals surface area contributed by atoms with Gasteiger partial charge >= 0.3 is 0 Å². The summed E-state index contributed by atoms with van der Waals surface area (Å²) in [5.74, 6) is 0.220. The Hall–Kier alpha value is -1.91. The standard InChI is InChI=1S/C15H14Cl2N2O2/c1-2-21-12-6-9(5-11(18)8-12)15(20)19-14-4-3-10(16)7-13(14)17/h3-8H,2,18H2,1H3,(H,19,20). The van der Waals surface area contributed by atoms with Gasteiger partial charge in [-0.25, -0.2) is 0 Å². The third kappa shape index (κ3) is 4.03. The quantitative estimate of drug-likeness (QED) is 0.827. The molecule has 110 valence electrons. The highest BCUT2D eigenvalue weighted by atomic mass is 35.5. The van der Waals surface area contributed by atoms with Crippen molar-refractivity contribution in [1.82, 2.24) is 0 Å². The molecule has 0 aromatic heterocycles. The molecular formula is C15H14Cl2N2O2. The van der Waals surface area contributed by atoms with Crippen molar-refractivity contribution < 1.29 is 9.53 Å². The molecule has 0 saturated heterocycles. The fourth-order valence-electron chi connectivity index (χ4n) is 1.79. The van der Waals surface area contributed by atoms with Gasteiger partial charge in [-0.15, -0.1) is 0 Å². The largest absolute Gasteiger partial charge is 0.494 e. The summed E-state index contributed by atoms with van der Waals surface area (Å²) in [6.45, 7) is 2.35. The summed E-state index contributed by atoms with van der Waals surface area (Å²) >= 11 is 11.8. The molecule has 21 heavy (non-hydrogen) atoms. The lowest BCUT2D eigenvalue weighted by molar-refractivity contribution is 0.102. The summed E-state index contributed by atoms with van der Waals surface area (Å²) in [4.78, 5) is 12.2. The fraction of sp³-hybridized carbons (Fsp3) is 0.133. The van der Waals surface area contributed by atoms with Gasteiger partial charge in [0.05, 0.1) is 17.3 Å². The first-order chi connectivity index (χ1) is 9.99. The van der Waals surface area contributed by atoms with Crippen LogP contribution in [0.2, 0.25) is 10.0 Å². The summed E-state index contributed by atoms with van der Waals surface area (Å²) in [7, 11) is 0. The fourth-order valence-corrected chi connectivity index (χ4v) is 2.24. The van der Waals surface area contributed by atoms with E-state index in [0.717, 1.165) is 0 Å². The lowest BCUT2D eigenvalue weighted by Crippen LogP contribution is -2.13. The number of benzene rings is 2. The topological polar surface area (TPSA) is 64.3 Å². The summed E-state index contributed by atoms with van der Waals surface area (Å²) in [5, 5.41) is 3.58. The van der Waals surface area contributed by atoms with Crippen LogP contribution in [-0.4, -0.2) is 12.5 Å². The van der Waals surface area contributed by atoms with E-state index >= 15 is 0 Å². The van der Waals surface area contributed by atoms with Gasteiger partial charge < -0.3 is 15.8 Å². The molecule has 4 nitrogen and oxygen atoms in total. The molecular weight excluding hydrogens is 311 g/mol. The van der Waals surface area contributed by atoms with Gasteiger partial charge in [0.2, 0.25) is 0 Å². The van der Waals surface area contributed by atoms with Crippen LogP contribution in [0, 0.1) is 0 Å². The van der Waals surface area contributed by atoms with E-state index in [4.69, 9.17) is 33.7 Å². The maximum atomic E-state index is 12.2. The van der Waals surface area contributed by atoms with Crippen LogP contribution >= 0.6 is 23.2 Å².